The SMILES string of the molecule is Cc1ccc(C(=O)[C@@H](C)Oc2ccc3cc(Br)ccc3c2)cc1C. The van der Waals surface area contributed by atoms with Crippen molar-refractivity contribution in [3.63, 3.8) is 0 Å². The van der Waals surface area contributed by atoms with E-state index in [-0.39, 0.29) is 5.78 Å². The number of carbonyl (C=O) groups excluding carboxylic acids is 1. The van der Waals surface area contributed by atoms with E-state index in [1.807, 2.05) is 62.4 Å². The van der Waals surface area contributed by atoms with Crippen LogP contribution in [0.2, 0.25) is 0 Å². The average Bonchev–Trinajstić information content (AvgIpc) is 2.56. The van der Waals surface area contributed by atoms with E-state index in [0.29, 0.717) is 11.3 Å². The first-order valence-corrected chi connectivity index (χ1v) is 8.71. The third-order valence-electron chi connectivity index (χ3n) is 4.25. The highest BCUT2D eigenvalue weighted by Crippen LogP contribution is 2.25. The Labute approximate surface area is 150 Å². The zero-order valence-electron chi connectivity index (χ0n) is 14.0. The largest absolute Gasteiger partial charge is 0.483 e. The first kappa shape index (κ1) is 16.7. The number of ketones is 1. The monoisotopic (exact) mass is 382 g/mol. The van der Waals surface area contributed by atoms with Crippen LogP contribution in [0, 0.1) is 13.8 Å². The molecule has 0 saturated heterocycles. The lowest BCUT2D eigenvalue weighted by Gasteiger charge is -2.15. The second-order valence-corrected chi connectivity index (χ2v) is 6.99. The molecule has 0 amide bonds. The second kappa shape index (κ2) is 6.78. The van der Waals surface area contributed by atoms with E-state index >= 15 is 0 Å². The summed E-state index contributed by atoms with van der Waals surface area (Å²) in [5.41, 5.74) is 2.99. The first-order valence-electron chi connectivity index (χ1n) is 7.91. The van der Waals surface area contributed by atoms with Crippen LogP contribution in [0.25, 0.3) is 10.8 Å². The fourth-order valence-corrected chi connectivity index (χ4v) is 3.03. The Morgan fingerprint density at radius 3 is 2.38 bits per heavy atom. The van der Waals surface area contributed by atoms with Crippen LogP contribution >= 0.6 is 15.9 Å². The van der Waals surface area contributed by atoms with Crippen molar-refractivity contribution in [1.29, 1.82) is 0 Å². The van der Waals surface area contributed by atoms with Crippen molar-refractivity contribution in [2.45, 2.75) is 26.9 Å². The standard InChI is InChI=1S/C21H19BrO2/c1-13-4-5-18(10-14(13)2)21(23)15(3)24-20-9-7-16-11-19(22)8-6-17(16)12-20/h4-12,15H,1-3H3/t15-/m1/s1. The van der Waals surface area contributed by atoms with Gasteiger partial charge in [0.25, 0.3) is 0 Å². The van der Waals surface area contributed by atoms with Gasteiger partial charge in [-0.15, -0.1) is 0 Å². The first-order chi connectivity index (χ1) is 11.4. The van der Waals surface area contributed by atoms with E-state index in [9.17, 15) is 4.79 Å². The van der Waals surface area contributed by atoms with Crippen molar-refractivity contribution in [2.24, 2.45) is 0 Å². The number of hydrogen-bond donors (Lipinski definition) is 0. The van der Waals surface area contributed by atoms with Gasteiger partial charge in [-0.3, -0.25) is 4.79 Å². The maximum Gasteiger partial charge on any atom is 0.203 e. The van der Waals surface area contributed by atoms with Crippen LogP contribution in [0.4, 0.5) is 0 Å². The molecule has 0 heterocycles. The molecular weight excluding hydrogens is 364 g/mol. The number of rotatable bonds is 4. The molecule has 0 bridgehead atoms. The summed E-state index contributed by atoms with van der Waals surface area (Å²) in [6.07, 6.45) is -0.528. The molecule has 122 valence electrons. The Morgan fingerprint density at radius 2 is 1.62 bits per heavy atom. The van der Waals surface area contributed by atoms with Gasteiger partial charge in [-0.1, -0.05) is 40.2 Å². The molecule has 0 saturated carbocycles. The summed E-state index contributed by atoms with van der Waals surface area (Å²) < 4.78 is 6.92. The summed E-state index contributed by atoms with van der Waals surface area (Å²) in [4.78, 5) is 12.6. The van der Waals surface area contributed by atoms with E-state index in [1.165, 1.54) is 5.56 Å². The molecular formula is C21H19BrO2. The van der Waals surface area contributed by atoms with Crippen LogP contribution in [-0.4, -0.2) is 11.9 Å². The van der Waals surface area contributed by atoms with Crippen molar-refractivity contribution in [3.05, 3.63) is 75.8 Å². The Hall–Kier alpha value is -2.13. The number of aryl methyl sites for hydroxylation is 2. The molecule has 2 nitrogen and oxygen atoms in total. The molecule has 3 rings (SSSR count). The molecule has 3 heteroatoms. The van der Waals surface area contributed by atoms with Gasteiger partial charge < -0.3 is 4.74 Å². The normalized spacial score (nSPS) is 12.2. The van der Waals surface area contributed by atoms with Gasteiger partial charge in [0, 0.05) is 10.0 Å². The van der Waals surface area contributed by atoms with Gasteiger partial charge in [-0.25, -0.2) is 0 Å². The van der Waals surface area contributed by atoms with Gasteiger partial charge in [0.05, 0.1) is 0 Å². The van der Waals surface area contributed by atoms with Gasteiger partial charge >= 0.3 is 0 Å². The molecule has 1 atom stereocenters. The van der Waals surface area contributed by atoms with Crippen molar-refractivity contribution in [3.8, 4) is 5.75 Å². The average molecular weight is 383 g/mol. The highest BCUT2D eigenvalue weighted by atomic mass is 79.9. The molecule has 0 aliphatic carbocycles. The minimum absolute atomic E-state index is 0.00555. The number of fused-ring (bicyclic) bond motifs is 1. The topological polar surface area (TPSA) is 26.3 Å². The lowest BCUT2D eigenvalue weighted by molar-refractivity contribution is 0.0818. The molecule has 24 heavy (non-hydrogen) atoms. The van der Waals surface area contributed by atoms with Crippen LogP contribution in [0.15, 0.2) is 59.1 Å². The number of halogens is 1. The van der Waals surface area contributed by atoms with Crippen LogP contribution in [0.1, 0.15) is 28.4 Å². The molecule has 3 aromatic rings. The molecule has 0 spiro atoms. The van der Waals surface area contributed by atoms with Gasteiger partial charge in [-0.2, -0.15) is 0 Å². The fourth-order valence-electron chi connectivity index (χ4n) is 2.66. The number of benzene rings is 3. The van der Waals surface area contributed by atoms with Gasteiger partial charge in [0.2, 0.25) is 5.78 Å². The molecule has 0 aliphatic rings. The summed E-state index contributed by atoms with van der Waals surface area (Å²) in [5, 5.41) is 2.21. The molecule has 0 fully saturated rings. The summed E-state index contributed by atoms with van der Waals surface area (Å²) in [6, 6.07) is 17.7. The van der Waals surface area contributed by atoms with Crippen LogP contribution in [0.5, 0.6) is 5.75 Å². The molecule has 0 N–H and O–H groups in total. The van der Waals surface area contributed by atoms with Crippen molar-refractivity contribution in [1.82, 2.24) is 0 Å². The van der Waals surface area contributed by atoms with Gasteiger partial charge in [0.1, 0.15) is 5.75 Å². The zero-order chi connectivity index (χ0) is 17.3. The Kier molecular flexibility index (Phi) is 4.72. The number of carbonyl (C=O) groups is 1. The lowest BCUT2D eigenvalue weighted by Crippen LogP contribution is -2.24. The van der Waals surface area contributed by atoms with Crippen LogP contribution in [0.3, 0.4) is 0 Å². The van der Waals surface area contributed by atoms with Gasteiger partial charge in [0.15, 0.2) is 6.10 Å². The van der Waals surface area contributed by atoms with Crippen molar-refractivity contribution in [2.75, 3.05) is 0 Å². The number of ether oxygens (including phenoxy) is 1. The maximum absolute atomic E-state index is 12.6. The second-order valence-electron chi connectivity index (χ2n) is 6.08. The Morgan fingerprint density at radius 1 is 0.917 bits per heavy atom. The predicted molar refractivity (Wildman–Crippen MR) is 102 cm³/mol. The predicted octanol–water partition coefficient (Wildman–Crippen LogP) is 5.87. The molecule has 0 aromatic heterocycles. The summed E-state index contributed by atoms with van der Waals surface area (Å²) in [5.74, 6) is 0.698. The third-order valence-corrected chi connectivity index (χ3v) is 4.74. The molecule has 0 unspecified atom stereocenters. The van der Waals surface area contributed by atoms with Crippen LogP contribution < -0.4 is 4.74 Å². The Balaban J connectivity index is 1.80. The van der Waals surface area contributed by atoms with E-state index in [0.717, 1.165) is 20.8 Å². The summed E-state index contributed by atoms with van der Waals surface area (Å²) >= 11 is 3.47. The van der Waals surface area contributed by atoms with E-state index in [1.54, 1.807) is 6.92 Å². The minimum Gasteiger partial charge on any atom is -0.483 e. The van der Waals surface area contributed by atoms with Crippen molar-refractivity contribution >= 4 is 32.5 Å². The van der Waals surface area contributed by atoms with Crippen LogP contribution in [-0.2, 0) is 0 Å². The molecule has 3 aromatic carbocycles. The molecule has 0 aliphatic heterocycles. The number of hydrogen-bond acceptors (Lipinski definition) is 2. The summed E-state index contributed by atoms with van der Waals surface area (Å²) in [7, 11) is 0. The van der Waals surface area contributed by atoms with E-state index in [4.69, 9.17) is 4.74 Å². The zero-order valence-corrected chi connectivity index (χ0v) is 15.6. The summed E-state index contributed by atoms with van der Waals surface area (Å²) in [6.45, 7) is 5.85. The lowest BCUT2D eigenvalue weighted by atomic mass is 10.0. The quantitative estimate of drug-likeness (QED) is 0.527. The van der Waals surface area contributed by atoms with E-state index in [2.05, 4.69) is 22.0 Å². The van der Waals surface area contributed by atoms with Gasteiger partial charge in [-0.05, 0) is 73.0 Å². The fraction of sp³-hybridized carbons (Fsp3) is 0.190. The van der Waals surface area contributed by atoms with Crippen molar-refractivity contribution < 1.29 is 9.53 Å². The molecule has 0 radical (unpaired) electrons. The number of Topliss-reactive ketones (excluding diaryl/α,β-unsaturated/α-hetero) is 1. The third kappa shape index (κ3) is 3.51. The Bertz CT molecular complexity index is 915. The smallest absolute Gasteiger partial charge is 0.203 e. The highest BCUT2D eigenvalue weighted by Gasteiger charge is 2.17. The maximum atomic E-state index is 12.6. The highest BCUT2D eigenvalue weighted by molar-refractivity contribution is 9.10. The minimum atomic E-state index is -0.528. The van der Waals surface area contributed by atoms with E-state index < -0.39 is 6.10 Å².